The number of aryl methyl sites for hydroxylation is 2. The molecular formula is C16H21N3O2. The number of hydrogen-bond acceptors (Lipinski definition) is 4. The molecule has 0 aliphatic heterocycles. The Morgan fingerprint density at radius 1 is 1.29 bits per heavy atom. The molecule has 0 aliphatic carbocycles. The van der Waals surface area contributed by atoms with Gasteiger partial charge in [-0.05, 0) is 31.5 Å². The first-order valence-electron chi connectivity index (χ1n) is 6.94. The first kappa shape index (κ1) is 15.4. The molecule has 0 saturated heterocycles. The van der Waals surface area contributed by atoms with Crippen LogP contribution in [0.25, 0.3) is 11.3 Å². The molecule has 0 aliphatic rings. The van der Waals surface area contributed by atoms with Gasteiger partial charge < -0.3 is 10.5 Å². The first-order valence-corrected chi connectivity index (χ1v) is 6.94. The van der Waals surface area contributed by atoms with Crippen LogP contribution in [-0.4, -0.2) is 23.5 Å². The fourth-order valence-corrected chi connectivity index (χ4v) is 2.22. The summed E-state index contributed by atoms with van der Waals surface area (Å²) in [6.45, 7) is 5.12. The van der Waals surface area contributed by atoms with Gasteiger partial charge in [0.15, 0.2) is 0 Å². The number of ether oxygens (including phenoxy) is 1. The van der Waals surface area contributed by atoms with Gasteiger partial charge in [-0.1, -0.05) is 17.7 Å². The highest BCUT2D eigenvalue weighted by Crippen LogP contribution is 2.22. The molecule has 2 N–H and O–H groups in total. The van der Waals surface area contributed by atoms with Gasteiger partial charge in [0, 0.05) is 24.8 Å². The standard InChI is InChI=1S/C16H21N3O2/c1-11-4-5-12(2)14(8-11)15-9-13(10-17)16(20)19(18-15)6-7-21-3/h4-5,8-9H,6-7,10,17H2,1-3H3. The van der Waals surface area contributed by atoms with E-state index < -0.39 is 0 Å². The van der Waals surface area contributed by atoms with E-state index in [0.29, 0.717) is 18.7 Å². The largest absolute Gasteiger partial charge is 0.383 e. The molecule has 21 heavy (non-hydrogen) atoms. The molecule has 0 amide bonds. The zero-order chi connectivity index (χ0) is 15.4. The van der Waals surface area contributed by atoms with Gasteiger partial charge >= 0.3 is 0 Å². The van der Waals surface area contributed by atoms with Crippen molar-refractivity contribution in [3.8, 4) is 11.3 Å². The van der Waals surface area contributed by atoms with E-state index in [2.05, 4.69) is 23.3 Å². The van der Waals surface area contributed by atoms with Crippen LogP contribution in [0.4, 0.5) is 0 Å². The summed E-state index contributed by atoms with van der Waals surface area (Å²) < 4.78 is 6.47. The van der Waals surface area contributed by atoms with E-state index in [-0.39, 0.29) is 12.1 Å². The molecule has 5 heteroatoms. The predicted octanol–water partition coefficient (Wildman–Crippen LogP) is 1.63. The molecule has 2 aromatic rings. The van der Waals surface area contributed by atoms with Crippen molar-refractivity contribution in [2.24, 2.45) is 5.73 Å². The third kappa shape index (κ3) is 3.37. The second-order valence-corrected chi connectivity index (χ2v) is 5.10. The third-order valence-electron chi connectivity index (χ3n) is 3.44. The Hall–Kier alpha value is -1.98. The molecule has 1 heterocycles. The van der Waals surface area contributed by atoms with E-state index in [0.717, 1.165) is 22.4 Å². The number of methoxy groups -OCH3 is 1. The Morgan fingerprint density at radius 2 is 2.05 bits per heavy atom. The molecule has 1 aromatic heterocycles. The van der Waals surface area contributed by atoms with Crippen molar-refractivity contribution < 1.29 is 4.74 Å². The molecule has 5 nitrogen and oxygen atoms in total. The van der Waals surface area contributed by atoms with Crippen molar-refractivity contribution in [2.75, 3.05) is 13.7 Å². The average molecular weight is 287 g/mol. The van der Waals surface area contributed by atoms with Crippen LogP contribution in [0.3, 0.4) is 0 Å². The molecule has 1 aromatic carbocycles. The molecule has 0 atom stereocenters. The molecule has 0 fully saturated rings. The minimum absolute atomic E-state index is 0.149. The van der Waals surface area contributed by atoms with Gasteiger partial charge in [0.1, 0.15) is 0 Å². The highest BCUT2D eigenvalue weighted by molar-refractivity contribution is 5.64. The van der Waals surface area contributed by atoms with Crippen LogP contribution in [0.1, 0.15) is 16.7 Å². The first-order chi connectivity index (χ1) is 10.1. The minimum atomic E-state index is -0.149. The SMILES string of the molecule is COCCn1nc(-c2cc(C)ccc2C)cc(CN)c1=O. The van der Waals surface area contributed by atoms with E-state index >= 15 is 0 Å². The highest BCUT2D eigenvalue weighted by Gasteiger charge is 2.11. The van der Waals surface area contributed by atoms with Gasteiger partial charge in [0.2, 0.25) is 0 Å². The molecule has 0 spiro atoms. The van der Waals surface area contributed by atoms with Crippen LogP contribution in [0.2, 0.25) is 0 Å². The van der Waals surface area contributed by atoms with Crippen molar-refractivity contribution >= 4 is 0 Å². The minimum Gasteiger partial charge on any atom is -0.383 e. The number of nitrogens with two attached hydrogens (primary N) is 1. The molecule has 0 bridgehead atoms. The van der Waals surface area contributed by atoms with E-state index in [1.165, 1.54) is 4.68 Å². The predicted molar refractivity (Wildman–Crippen MR) is 83.2 cm³/mol. The molecular weight excluding hydrogens is 266 g/mol. The second kappa shape index (κ2) is 6.65. The summed E-state index contributed by atoms with van der Waals surface area (Å²) in [6, 6.07) is 7.97. The fraction of sp³-hybridized carbons (Fsp3) is 0.375. The molecule has 0 saturated carbocycles. The summed E-state index contributed by atoms with van der Waals surface area (Å²) in [5, 5.41) is 4.46. The second-order valence-electron chi connectivity index (χ2n) is 5.10. The van der Waals surface area contributed by atoms with Crippen molar-refractivity contribution in [1.82, 2.24) is 9.78 Å². The molecule has 0 radical (unpaired) electrons. The van der Waals surface area contributed by atoms with Gasteiger partial charge in [-0.25, -0.2) is 4.68 Å². The van der Waals surface area contributed by atoms with Crippen molar-refractivity contribution in [2.45, 2.75) is 26.9 Å². The van der Waals surface area contributed by atoms with E-state index in [1.54, 1.807) is 13.2 Å². The maximum atomic E-state index is 12.2. The van der Waals surface area contributed by atoms with Crippen molar-refractivity contribution in [1.29, 1.82) is 0 Å². The normalized spacial score (nSPS) is 10.9. The average Bonchev–Trinajstić information content (AvgIpc) is 2.48. The fourth-order valence-electron chi connectivity index (χ4n) is 2.22. The number of nitrogens with zero attached hydrogens (tertiary/aromatic N) is 2. The van der Waals surface area contributed by atoms with Crippen molar-refractivity contribution in [3.63, 3.8) is 0 Å². The lowest BCUT2D eigenvalue weighted by atomic mass is 10.0. The molecule has 0 unspecified atom stereocenters. The zero-order valence-electron chi connectivity index (χ0n) is 12.7. The van der Waals surface area contributed by atoms with Crippen LogP contribution < -0.4 is 11.3 Å². The van der Waals surface area contributed by atoms with Crippen molar-refractivity contribution in [3.05, 3.63) is 51.3 Å². The quantitative estimate of drug-likeness (QED) is 0.907. The van der Waals surface area contributed by atoms with Crippen LogP contribution >= 0.6 is 0 Å². The van der Waals surface area contributed by atoms with E-state index in [4.69, 9.17) is 10.5 Å². The van der Waals surface area contributed by atoms with Gasteiger partial charge in [0.25, 0.3) is 5.56 Å². The summed E-state index contributed by atoms with van der Waals surface area (Å²) in [6.07, 6.45) is 0. The number of aromatic nitrogens is 2. The van der Waals surface area contributed by atoms with Gasteiger partial charge in [-0.2, -0.15) is 5.10 Å². The Labute approximate surface area is 124 Å². The Kier molecular flexibility index (Phi) is 4.88. The van der Waals surface area contributed by atoms with Crippen LogP contribution in [0.15, 0.2) is 29.1 Å². The lowest BCUT2D eigenvalue weighted by molar-refractivity contribution is 0.182. The Balaban J connectivity index is 2.58. The lowest BCUT2D eigenvalue weighted by Crippen LogP contribution is -2.29. The van der Waals surface area contributed by atoms with Gasteiger partial charge in [-0.15, -0.1) is 0 Å². The summed E-state index contributed by atoms with van der Waals surface area (Å²) in [7, 11) is 1.60. The summed E-state index contributed by atoms with van der Waals surface area (Å²) >= 11 is 0. The number of hydrogen-bond donors (Lipinski definition) is 1. The molecule has 112 valence electrons. The van der Waals surface area contributed by atoms with Gasteiger partial charge in [0.05, 0.1) is 18.8 Å². The number of rotatable bonds is 5. The Morgan fingerprint density at radius 3 is 2.71 bits per heavy atom. The zero-order valence-corrected chi connectivity index (χ0v) is 12.7. The highest BCUT2D eigenvalue weighted by atomic mass is 16.5. The maximum absolute atomic E-state index is 12.2. The van der Waals surface area contributed by atoms with Crippen LogP contribution in [-0.2, 0) is 17.8 Å². The van der Waals surface area contributed by atoms with E-state index in [1.807, 2.05) is 13.8 Å². The monoisotopic (exact) mass is 287 g/mol. The van der Waals surface area contributed by atoms with Gasteiger partial charge in [-0.3, -0.25) is 4.79 Å². The third-order valence-corrected chi connectivity index (χ3v) is 3.44. The van der Waals surface area contributed by atoms with E-state index in [9.17, 15) is 4.79 Å². The summed E-state index contributed by atoms with van der Waals surface area (Å²) in [4.78, 5) is 12.2. The smallest absolute Gasteiger partial charge is 0.271 e. The van der Waals surface area contributed by atoms with Crippen LogP contribution in [0.5, 0.6) is 0 Å². The summed E-state index contributed by atoms with van der Waals surface area (Å²) in [5.74, 6) is 0. The number of benzene rings is 1. The topological polar surface area (TPSA) is 70.1 Å². The lowest BCUT2D eigenvalue weighted by Gasteiger charge is -2.12. The Bertz CT molecular complexity index is 692. The van der Waals surface area contributed by atoms with Crippen LogP contribution in [0, 0.1) is 13.8 Å². The maximum Gasteiger partial charge on any atom is 0.271 e. The molecule has 2 rings (SSSR count). The summed E-state index contributed by atoms with van der Waals surface area (Å²) in [5.41, 5.74) is 10.2.